The number of nitrogens with zero attached hydrogens (tertiary/aromatic N) is 1. The molecule has 1 aliphatic carbocycles. The average molecular weight is 315 g/mol. The minimum atomic E-state index is 0.430. The van der Waals surface area contributed by atoms with Crippen LogP contribution in [-0.2, 0) is 6.42 Å². The Kier molecular flexibility index (Phi) is 5.43. The normalized spacial score (nSPS) is 17.2. The number of hydrogen-bond donors (Lipinski definition) is 0. The number of rotatable bonds is 6. The van der Waals surface area contributed by atoms with E-state index in [0.29, 0.717) is 5.92 Å². The Hall–Kier alpha value is -2.41. The van der Waals surface area contributed by atoms with Crippen molar-refractivity contribution in [2.45, 2.75) is 39.0 Å². The summed E-state index contributed by atoms with van der Waals surface area (Å²) in [7, 11) is 0. The average Bonchev–Trinajstić information content (AvgIpc) is 2.94. The van der Waals surface area contributed by atoms with Crippen LogP contribution in [0.3, 0.4) is 0 Å². The monoisotopic (exact) mass is 315 g/mol. The Balaban J connectivity index is 1.89. The van der Waals surface area contributed by atoms with Gasteiger partial charge in [0.2, 0.25) is 0 Å². The molecule has 1 heterocycles. The predicted octanol–water partition coefficient (Wildman–Crippen LogP) is 6.11. The summed E-state index contributed by atoms with van der Waals surface area (Å²) >= 11 is 0. The van der Waals surface area contributed by atoms with E-state index in [1.165, 1.54) is 22.3 Å². The van der Waals surface area contributed by atoms with Gasteiger partial charge in [0.25, 0.3) is 0 Å². The van der Waals surface area contributed by atoms with Crippen LogP contribution in [0.2, 0.25) is 0 Å². The first-order valence-corrected chi connectivity index (χ1v) is 8.83. The van der Waals surface area contributed by atoms with Crippen molar-refractivity contribution in [2.75, 3.05) is 0 Å². The highest BCUT2D eigenvalue weighted by molar-refractivity contribution is 5.76. The van der Waals surface area contributed by atoms with Crippen molar-refractivity contribution in [1.82, 2.24) is 4.98 Å². The standard InChI is InChI=1S/C23H25N/c1-3-9-18(10-4-2)15-19-16-20(17-21-11-7-8-14-24-21)23-13-6-5-12-22(19)23/h3,5-14,16,20H,4,15,17H2,1-2H3/b9-3-,18-10+. The molecule has 1 aromatic heterocycles. The molecule has 1 nitrogen and oxygen atoms in total. The molecular weight excluding hydrogens is 290 g/mol. The number of allylic oxidation sites excluding steroid dienone is 6. The van der Waals surface area contributed by atoms with Gasteiger partial charge >= 0.3 is 0 Å². The lowest BCUT2D eigenvalue weighted by atomic mass is 9.95. The van der Waals surface area contributed by atoms with Gasteiger partial charge in [-0.3, -0.25) is 4.98 Å². The maximum atomic E-state index is 4.51. The molecule has 0 N–H and O–H groups in total. The van der Waals surface area contributed by atoms with Gasteiger partial charge in [0, 0.05) is 24.2 Å². The molecule has 0 saturated heterocycles. The van der Waals surface area contributed by atoms with E-state index in [9.17, 15) is 0 Å². The van der Waals surface area contributed by atoms with E-state index in [4.69, 9.17) is 0 Å². The number of aromatic nitrogens is 1. The van der Waals surface area contributed by atoms with Crippen molar-refractivity contribution in [3.05, 3.63) is 95.4 Å². The van der Waals surface area contributed by atoms with Crippen molar-refractivity contribution >= 4 is 5.57 Å². The highest BCUT2D eigenvalue weighted by atomic mass is 14.7. The highest BCUT2D eigenvalue weighted by Gasteiger charge is 2.23. The second-order valence-electron chi connectivity index (χ2n) is 6.27. The van der Waals surface area contributed by atoms with Crippen molar-refractivity contribution in [1.29, 1.82) is 0 Å². The topological polar surface area (TPSA) is 12.9 Å². The molecule has 1 unspecified atom stereocenters. The first-order chi connectivity index (χ1) is 11.8. The maximum absolute atomic E-state index is 4.51. The third kappa shape index (κ3) is 3.73. The number of hydrogen-bond acceptors (Lipinski definition) is 1. The Morgan fingerprint density at radius 3 is 2.71 bits per heavy atom. The third-order valence-electron chi connectivity index (χ3n) is 4.51. The molecule has 3 rings (SSSR count). The molecule has 0 aliphatic heterocycles. The lowest BCUT2D eigenvalue weighted by Crippen LogP contribution is -1.99. The predicted molar refractivity (Wildman–Crippen MR) is 103 cm³/mol. The summed E-state index contributed by atoms with van der Waals surface area (Å²) in [6, 6.07) is 15.0. The molecule has 24 heavy (non-hydrogen) atoms. The minimum Gasteiger partial charge on any atom is -0.261 e. The van der Waals surface area contributed by atoms with Gasteiger partial charge in [0.1, 0.15) is 0 Å². The van der Waals surface area contributed by atoms with E-state index >= 15 is 0 Å². The van der Waals surface area contributed by atoms with Crippen molar-refractivity contribution in [3.8, 4) is 0 Å². The summed E-state index contributed by atoms with van der Waals surface area (Å²) < 4.78 is 0. The van der Waals surface area contributed by atoms with Crippen LogP contribution in [0.15, 0.2) is 78.5 Å². The molecule has 0 fully saturated rings. The van der Waals surface area contributed by atoms with Crippen LogP contribution in [0, 0.1) is 0 Å². The van der Waals surface area contributed by atoms with Crippen molar-refractivity contribution in [3.63, 3.8) is 0 Å². The molecule has 0 radical (unpaired) electrons. The van der Waals surface area contributed by atoms with Crippen molar-refractivity contribution < 1.29 is 0 Å². The zero-order chi connectivity index (χ0) is 16.8. The summed E-state index contributed by atoms with van der Waals surface area (Å²) in [5.74, 6) is 0.430. The third-order valence-corrected chi connectivity index (χ3v) is 4.51. The fourth-order valence-electron chi connectivity index (χ4n) is 3.50. The Bertz CT molecular complexity index is 766. The molecule has 1 atom stereocenters. The Morgan fingerprint density at radius 2 is 1.96 bits per heavy atom. The van der Waals surface area contributed by atoms with Crippen molar-refractivity contribution in [2.24, 2.45) is 0 Å². The molecular formula is C23H25N. The fraction of sp³-hybridized carbons (Fsp3) is 0.261. The van der Waals surface area contributed by atoms with Gasteiger partial charge in [-0.25, -0.2) is 0 Å². The second-order valence-corrected chi connectivity index (χ2v) is 6.27. The second kappa shape index (κ2) is 7.92. The summed E-state index contributed by atoms with van der Waals surface area (Å²) in [6.07, 6.45) is 14.1. The summed E-state index contributed by atoms with van der Waals surface area (Å²) in [6.45, 7) is 4.29. The van der Waals surface area contributed by atoms with Gasteiger partial charge in [-0.1, -0.05) is 61.6 Å². The van der Waals surface area contributed by atoms with Gasteiger partial charge < -0.3 is 0 Å². The van der Waals surface area contributed by atoms with Crippen LogP contribution in [0.1, 0.15) is 49.4 Å². The molecule has 0 spiro atoms. The van der Waals surface area contributed by atoms with Crippen LogP contribution >= 0.6 is 0 Å². The zero-order valence-corrected chi connectivity index (χ0v) is 14.6. The van der Waals surface area contributed by atoms with E-state index in [1.807, 2.05) is 12.3 Å². The van der Waals surface area contributed by atoms with Gasteiger partial charge in [0.05, 0.1) is 0 Å². The van der Waals surface area contributed by atoms with Crippen LogP contribution in [0.5, 0.6) is 0 Å². The molecule has 0 saturated carbocycles. The van der Waals surface area contributed by atoms with Gasteiger partial charge in [-0.15, -0.1) is 0 Å². The lowest BCUT2D eigenvalue weighted by Gasteiger charge is -2.10. The van der Waals surface area contributed by atoms with E-state index in [2.05, 4.69) is 79.5 Å². The highest BCUT2D eigenvalue weighted by Crippen LogP contribution is 2.40. The van der Waals surface area contributed by atoms with E-state index in [0.717, 1.165) is 25.0 Å². The van der Waals surface area contributed by atoms with Crippen LogP contribution in [-0.4, -0.2) is 4.98 Å². The Labute approximate surface area is 145 Å². The summed E-state index contributed by atoms with van der Waals surface area (Å²) in [4.78, 5) is 4.51. The summed E-state index contributed by atoms with van der Waals surface area (Å²) in [5.41, 5.74) is 6.86. The molecule has 1 aromatic carbocycles. The molecule has 122 valence electrons. The quantitative estimate of drug-likeness (QED) is 0.586. The fourth-order valence-corrected chi connectivity index (χ4v) is 3.50. The molecule has 0 amide bonds. The van der Waals surface area contributed by atoms with Crippen LogP contribution in [0.4, 0.5) is 0 Å². The van der Waals surface area contributed by atoms with Crippen LogP contribution in [0.25, 0.3) is 5.57 Å². The van der Waals surface area contributed by atoms with Gasteiger partial charge in [-0.2, -0.15) is 0 Å². The van der Waals surface area contributed by atoms with E-state index in [-0.39, 0.29) is 0 Å². The van der Waals surface area contributed by atoms with E-state index in [1.54, 1.807) is 0 Å². The molecule has 0 bridgehead atoms. The molecule has 1 aliphatic rings. The van der Waals surface area contributed by atoms with Crippen LogP contribution < -0.4 is 0 Å². The number of pyridine rings is 1. The molecule has 2 aromatic rings. The largest absolute Gasteiger partial charge is 0.261 e. The Morgan fingerprint density at radius 1 is 1.12 bits per heavy atom. The van der Waals surface area contributed by atoms with Gasteiger partial charge in [0.15, 0.2) is 0 Å². The van der Waals surface area contributed by atoms with E-state index < -0.39 is 0 Å². The summed E-state index contributed by atoms with van der Waals surface area (Å²) in [5, 5.41) is 0. The number of benzene rings is 1. The minimum absolute atomic E-state index is 0.430. The van der Waals surface area contributed by atoms with Gasteiger partial charge in [-0.05, 0) is 54.2 Å². The maximum Gasteiger partial charge on any atom is 0.0412 e. The first kappa shape index (κ1) is 16.4. The lowest BCUT2D eigenvalue weighted by molar-refractivity contribution is 0.821. The molecule has 1 heteroatoms. The number of fused-ring (bicyclic) bond motifs is 1. The first-order valence-electron chi connectivity index (χ1n) is 8.83. The zero-order valence-electron chi connectivity index (χ0n) is 14.6. The SMILES string of the molecule is C/C=C\C(=C/CC)CC1=CC(Cc2ccccn2)c2ccccc21. The smallest absolute Gasteiger partial charge is 0.0412 e.